The Bertz CT molecular complexity index is 569. The number of benzene rings is 1. The number of hydrazone groups is 1. The van der Waals surface area contributed by atoms with Gasteiger partial charge in [0.05, 0.1) is 6.21 Å². The molecule has 6 heteroatoms. The number of aromatic carboxylic acids is 1. The Morgan fingerprint density at radius 1 is 1.28 bits per heavy atom. The maximum absolute atomic E-state index is 10.7. The number of anilines is 1. The molecule has 0 saturated heterocycles. The third-order valence-electron chi connectivity index (χ3n) is 2.05. The van der Waals surface area contributed by atoms with E-state index in [0.29, 0.717) is 0 Å². The average molecular weight is 242 g/mol. The molecule has 0 aliphatic rings. The van der Waals surface area contributed by atoms with E-state index in [2.05, 4.69) is 20.5 Å². The number of carbonyl (C=O) groups is 1. The zero-order valence-electron chi connectivity index (χ0n) is 9.32. The number of nitrogens with one attached hydrogen (secondary N) is 1. The van der Waals surface area contributed by atoms with Gasteiger partial charge < -0.3 is 5.11 Å². The third kappa shape index (κ3) is 3.11. The second kappa shape index (κ2) is 5.53. The number of rotatable bonds is 4. The van der Waals surface area contributed by atoms with E-state index in [9.17, 15) is 4.79 Å². The predicted molar refractivity (Wildman–Crippen MR) is 66.7 cm³/mol. The lowest BCUT2D eigenvalue weighted by atomic mass is 10.2. The molecule has 18 heavy (non-hydrogen) atoms. The van der Waals surface area contributed by atoms with E-state index in [1.165, 1.54) is 12.3 Å². The molecule has 0 aliphatic carbocycles. The lowest BCUT2D eigenvalue weighted by Crippen LogP contribution is -2.04. The van der Waals surface area contributed by atoms with Gasteiger partial charge in [-0.1, -0.05) is 30.3 Å². The second-order valence-electron chi connectivity index (χ2n) is 3.35. The summed E-state index contributed by atoms with van der Waals surface area (Å²) in [7, 11) is 0. The van der Waals surface area contributed by atoms with Crippen LogP contribution in [0.1, 0.15) is 16.1 Å². The molecule has 0 bridgehead atoms. The molecule has 0 amide bonds. The maximum Gasteiger partial charge on any atom is 0.354 e. The first-order valence-corrected chi connectivity index (χ1v) is 5.16. The topological polar surface area (TPSA) is 87.5 Å². The van der Waals surface area contributed by atoms with E-state index in [0.717, 1.165) is 5.56 Å². The first-order chi connectivity index (χ1) is 8.75. The molecule has 90 valence electrons. The fourth-order valence-electron chi connectivity index (χ4n) is 1.24. The maximum atomic E-state index is 10.7. The minimum atomic E-state index is -1.10. The van der Waals surface area contributed by atoms with E-state index in [1.54, 1.807) is 6.21 Å². The van der Waals surface area contributed by atoms with Crippen LogP contribution in [0, 0.1) is 0 Å². The molecule has 2 aromatic rings. The SMILES string of the molecule is O=C(O)c1ccnc(N/N=C/c2ccccc2)n1. The molecule has 1 heterocycles. The average Bonchev–Trinajstić information content (AvgIpc) is 2.40. The van der Waals surface area contributed by atoms with E-state index < -0.39 is 5.97 Å². The summed E-state index contributed by atoms with van der Waals surface area (Å²) >= 11 is 0. The molecule has 2 rings (SSSR count). The van der Waals surface area contributed by atoms with Gasteiger partial charge in [-0.25, -0.2) is 20.2 Å². The third-order valence-corrected chi connectivity index (χ3v) is 2.05. The summed E-state index contributed by atoms with van der Waals surface area (Å²) in [6, 6.07) is 10.8. The Labute approximate surface area is 103 Å². The highest BCUT2D eigenvalue weighted by atomic mass is 16.4. The van der Waals surface area contributed by atoms with Gasteiger partial charge in [0.1, 0.15) is 0 Å². The minimum Gasteiger partial charge on any atom is -0.477 e. The Hall–Kier alpha value is -2.76. The number of hydrogen-bond donors (Lipinski definition) is 2. The van der Waals surface area contributed by atoms with Gasteiger partial charge in [0, 0.05) is 6.20 Å². The van der Waals surface area contributed by atoms with Gasteiger partial charge in [-0.2, -0.15) is 5.10 Å². The van der Waals surface area contributed by atoms with Gasteiger partial charge >= 0.3 is 5.97 Å². The van der Waals surface area contributed by atoms with Crippen molar-refractivity contribution in [1.29, 1.82) is 0 Å². The number of carboxylic acid groups (broad SMARTS) is 1. The van der Waals surface area contributed by atoms with Crippen molar-refractivity contribution >= 4 is 18.1 Å². The normalized spacial score (nSPS) is 10.4. The second-order valence-corrected chi connectivity index (χ2v) is 3.35. The van der Waals surface area contributed by atoms with E-state index >= 15 is 0 Å². The van der Waals surface area contributed by atoms with Crippen molar-refractivity contribution in [3.8, 4) is 0 Å². The van der Waals surface area contributed by atoms with Crippen LogP contribution in [0.3, 0.4) is 0 Å². The molecule has 0 atom stereocenters. The predicted octanol–water partition coefficient (Wildman–Crippen LogP) is 1.62. The summed E-state index contributed by atoms with van der Waals surface area (Å²) in [4.78, 5) is 18.3. The summed E-state index contributed by atoms with van der Waals surface area (Å²) in [6.07, 6.45) is 2.95. The van der Waals surface area contributed by atoms with Crippen molar-refractivity contribution in [1.82, 2.24) is 9.97 Å². The van der Waals surface area contributed by atoms with Gasteiger partial charge in [-0.05, 0) is 11.6 Å². The van der Waals surface area contributed by atoms with Gasteiger partial charge in [-0.3, -0.25) is 0 Å². The number of nitrogens with zero attached hydrogens (tertiary/aromatic N) is 3. The van der Waals surface area contributed by atoms with Gasteiger partial charge in [-0.15, -0.1) is 0 Å². The Balaban J connectivity index is 2.04. The summed E-state index contributed by atoms with van der Waals surface area (Å²) in [5.41, 5.74) is 3.41. The lowest BCUT2D eigenvalue weighted by Gasteiger charge is -1.98. The highest BCUT2D eigenvalue weighted by Gasteiger charge is 2.04. The van der Waals surface area contributed by atoms with Gasteiger partial charge in [0.25, 0.3) is 0 Å². The zero-order chi connectivity index (χ0) is 12.8. The monoisotopic (exact) mass is 242 g/mol. The van der Waals surface area contributed by atoms with Crippen LogP contribution in [0.15, 0.2) is 47.7 Å². The minimum absolute atomic E-state index is 0.0811. The van der Waals surface area contributed by atoms with E-state index in [-0.39, 0.29) is 11.6 Å². The molecule has 0 unspecified atom stereocenters. The first-order valence-electron chi connectivity index (χ1n) is 5.16. The summed E-state index contributed by atoms with van der Waals surface area (Å²) in [5.74, 6) is -0.963. The Morgan fingerprint density at radius 2 is 2.06 bits per heavy atom. The quantitative estimate of drug-likeness (QED) is 0.628. The highest BCUT2D eigenvalue weighted by molar-refractivity contribution is 5.85. The van der Waals surface area contributed by atoms with E-state index in [4.69, 9.17) is 5.11 Å². The van der Waals surface area contributed by atoms with Crippen LogP contribution in [-0.2, 0) is 0 Å². The molecule has 0 radical (unpaired) electrons. The van der Waals surface area contributed by atoms with Crippen molar-refractivity contribution in [2.45, 2.75) is 0 Å². The van der Waals surface area contributed by atoms with Gasteiger partial charge in [0.2, 0.25) is 5.95 Å². The molecule has 1 aromatic heterocycles. The molecular weight excluding hydrogens is 232 g/mol. The fourth-order valence-corrected chi connectivity index (χ4v) is 1.24. The van der Waals surface area contributed by atoms with Gasteiger partial charge in [0.15, 0.2) is 5.69 Å². The van der Waals surface area contributed by atoms with Crippen molar-refractivity contribution in [2.24, 2.45) is 5.10 Å². The molecular formula is C12H10N4O2. The Kier molecular flexibility index (Phi) is 3.60. The molecule has 0 spiro atoms. The van der Waals surface area contributed by atoms with Crippen LogP contribution in [0.2, 0.25) is 0 Å². The lowest BCUT2D eigenvalue weighted by molar-refractivity contribution is 0.0690. The number of carboxylic acids is 1. The smallest absolute Gasteiger partial charge is 0.354 e. The standard InChI is InChI=1S/C12H10N4O2/c17-11(18)10-6-7-13-12(15-10)16-14-8-9-4-2-1-3-5-9/h1-8H,(H,17,18)(H,13,15,16)/b14-8+. The summed E-state index contributed by atoms with van der Waals surface area (Å²) in [5, 5.41) is 12.7. The molecule has 2 N–H and O–H groups in total. The van der Waals surface area contributed by atoms with Crippen molar-refractivity contribution < 1.29 is 9.90 Å². The van der Waals surface area contributed by atoms with E-state index in [1.807, 2.05) is 30.3 Å². The van der Waals surface area contributed by atoms with Crippen LogP contribution >= 0.6 is 0 Å². The van der Waals surface area contributed by atoms with Crippen LogP contribution < -0.4 is 5.43 Å². The molecule has 1 aromatic carbocycles. The summed E-state index contributed by atoms with van der Waals surface area (Å²) in [6.45, 7) is 0. The van der Waals surface area contributed by atoms with Crippen LogP contribution in [-0.4, -0.2) is 27.3 Å². The zero-order valence-corrected chi connectivity index (χ0v) is 9.32. The molecule has 0 aliphatic heterocycles. The highest BCUT2D eigenvalue weighted by Crippen LogP contribution is 2.00. The Morgan fingerprint density at radius 3 is 2.78 bits per heavy atom. The van der Waals surface area contributed by atoms with Crippen LogP contribution in [0.25, 0.3) is 0 Å². The van der Waals surface area contributed by atoms with Crippen molar-refractivity contribution in [3.63, 3.8) is 0 Å². The molecule has 6 nitrogen and oxygen atoms in total. The first kappa shape index (κ1) is 11.7. The number of hydrogen-bond acceptors (Lipinski definition) is 5. The van der Waals surface area contributed by atoms with Crippen molar-refractivity contribution in [2.75, 3.05) is 5.43 Å². The molecule has 0 fully saturated rings. The van der Waals surface area contributed by atoms with Crippen molar-refractivity contribution in [3.05, 3.63) is 53.9 Å². The largest absolute Gasteiger partial charge is 0.477 e. The summed E-state index contributed by atoms with van der Waals surface area (Å²) < 4.78 is 0. The fraction of sp³-hybridized carbons (Fsp3) is 0. The molecule has 0 saturated carbocycles. The number of aromatic nitrogens is 2. The van der Waals surface area contributed by atoms with Crippen LogP contribution in [0.4, 0.5) is 5.95 Å². The van der Waals surface area contributed by atoms with Crippen LogP contribution in [0.5, 0.6) is 0 Å².